The Balaban J connectivity index is 1.41. The zero-order valence-corrected chi connectivity index (χ0v) is 24.6. The smallest absolute Gasteiger partial charge is 0.261 e. The van der Waals surface area contributed by atoms with E-state index in [0.717, 1.165) is 11.5 Å². The van der Waals surface area contributed by atoms with Crippen LogP contribution in [0.1, 0.15) is 23.0 Å². The monoisotopic (exact) mass is 619 g/mol. The molecule has 218 valence electrons. The van der Waals surface area contributed by atoms with Crippen LogP contribution in [0.25, 0.3) is 22.0 Å². The highest BCUT2D eigenvalue weighted by atomic mass is 35.5. The first-order chi connectivity index (χ1) is 20.7. The third-order valence-electron chi connectivity index (χ3n) is 6.44. The highest BCUT2D eigenvalue weighted by Gasteiger charge is 2.25. The van der Waals surface area contributed by atoms with Gasteiger partial charge in [0.15, 0.2) is 11.6 Å². The maximum Gasteiger partial charge on any atom is 0.261 e. The number of nitrogens with one attached hydrogen (secondary N) is 2. The molecule has 0 saturated heterocycles. The van der Waals surface area contributed by atoms with E-state index in [9.17, 15) is 9.59 Å². The highest BCUT2D eigenvalue weighted by molar-refractivity contribution is 6.39. The third kappa shape index (κ3) is 6.18. The molecule has 0 aliphatic heterocycles. The van der Waals surface area contributed by atoms with E-state index in [0.29, 0.717) is 38.2 Å². The number of amides is 2. The zero-order chi connectivity index (χ0) is 30.7. The largest absolute Gasteiger partial charge is 0.495 e. The first kappa shape index (κ1) is 29.6. The number of carbonyl (C=O) groups excluding carboxylic acids is 2. The molecule has 5 aromatic rings. The van der Waals surface area contributed by atoms with E-state index in [1.165, 1.54) is 25.3 Å². The Morgan fingerprint density at radius 2 is 1.70 bits per heavy atom. The average Bonchev–Trinajstić information content (AvgIpc) is 3.35. The summed E-state index contributed by atoms with van der Waals surface area (Å²) in [5.74, 6) is -0.681. The lowest BCUT2D eigenvalue weighted by molar-refractivity contribution is -0.111. The van der Waals surface area contributed by atoms with Crippen LogP contribution in [-0.4, -0.2) is 24.1 Å². The predicted molar refractivity (Wildman–Crippen MR) is 165 cm³/mol. The molecule has 0 aliphatic carbocycles. The number of allylic oxidation sites excluding steroid dienone is 1. The second-order valence-corrected chi connectivity index (χ2v) is 10.1. The van der Waals surface area contributed by atoms with Gasteiger partial charge in [0.25, 0.3) is 5.91 Å². The molecular weight excluding hydrogens is 596 g/mol. The van der Waals surface area contributed by atoms with E-state index >= 15 is 4.39 Å². The molecule has 0 spiro atoms. The maximum atomic E-state index is 15.3. The SMILES string of the molecule is C/C=C/C(=O)Nc1cc2c(Oc3ccc(NC(=O)c4c(-c5c(Cl)cccc5Cl)noc4C)cc3F)cccc2cc1OC. The van der Waals surface area contributed by atoms with Crippen molar-refractivity contribution in [3.8, 4) is 28.5 Å². The van der Waals surface area contributed by atoms with Crippen LogP contribution < -0.4 is 20.1 Å². The number of anilines is 2. The van der Waals surface area contributed by atoms with Gasteiger partial charge >= 0.3 is 0 Å². The van der Waals surface area contributed by atoms with Crippen molar-refractivity contribution in [1.82, 2.24) is 5.16 Å². The van der Waals surface area contributed by atoms with Gasteiger partial charge in [-0.15, -0.1) is 0 Å². The summed E-state index contributed by atoms with van der Waals surface area (Å²) in [6.07, 6.45) is 3.01. The van der Waals surface area contributed by atoms with Crippen LogP contribution >= 0.6 is 23.2 Å². The minimum absolute atomic E-state index is 0.0782. The molecule has 1 aromatic heterocycles. The first-order valence-corrected chi connectivity index (χ1v) is 13.7. The summed E-state index contributed by atoms with van der Waals surface area (Å²) >= 11 is 12.6. The number of carbonyl (C=O) groups is 2. The number of fused-ring (bicyclic) bond motifs is 1. The second kappa shape index (κ2) is 12.6. The molecule has 0 atom stereocenters. The Kier molecular flexibility index (Phi) is 8.66. The Hall–Kier alpha value is -4.86. The number of hydrogen-bond acceptors (Lipinski definition) is 6. The number of halogens is 3. The quantitative estimate of drug-likeness (QED) is 0.168. The second-order valence-electron chi connectivity index (χ2n) is 9.28. The molecule has 0 unspecified atom stereocenters. The number of nitrogens with zero attached hydrogens (tertiary/aromatic N) is 1. The van der Waals surface area contributed by atoms with Crippen molar-refractivity contribution in [2.24, 2.45) is 0 Å². The number of ether oxygens (including phenoxy) is 2. The first-order valence-electron chi connectivity index (χ1n) is 12.9. The van der Waals surface area contributed by atoms with Crippen molar-refractivity contribution in [3.63, 3.8) is 0 Å². The third-order valence-corrected chi connectivity index (χ3v) is 7.07. The number of hydrogen-bond donors (Lipinski definition) is 2. The van der Waals surface area contributed by atoms with Crippen molar-refractivity contribution in [2.75, 3.05) is 17.7 Å². The van der Waals surface area contributed by atoms with Gasteiger partial charge in [-0.3, -0.25) is 9.59 Å². The summed E-state index contributed by atoms with van der Waals surface area (Å²) in [5.41, 5.74) is 1.22. The summed E-state index contributed by atoms with van der Waals surface area (Å²) in [6.45, 7) is 3.31. The Morgan fingerprint density at radius 1 is 0.953 bits per heavy atom. The number of rotatable bonds is 8. The van der Waals surface area contributed by atoms with Gasteiger partial charge in [0, 0.05) is 22.7 Å². The van der Waals surface area contributed by atoms with E-state index in [1.54, 1.807) is 62.4 Å². The summed E-state index contributed by atoms with van der Waals surface area (Å²) in [4.78, 5) is 25.4. The lowest BCUT2D eigenvalue weighted by Crippen LogP contribution is -2.14. The fourth-order valence-electron chi connectivity index (χ4n) is 4.46. The van der Waals surface area contributed by atoms with Crippen molar-refractivity contribution in [2.45, 2.75) is 13.8 Å². The van der Waals surface area contributed by atoms with Crippen LogP contribution in [0.3, 0.4) is 0 Å². The zero-order valence-electron chi connectivity index (χ0n) is 23.1. The molecule has 43 heavy (non-hydrogen) atoms. The van der Waals surface area contributed by atoms with E-state index in [-0.39, 0.29) is 34.4 Å². The van der Waals surface area contributed by atoms with Gasteiger partial charge in [0.05, 0.1) is 22.8 Å². The Morgan fingerprint density at radius 3 is 2.40 bits per heavy atom. The van der Waals surface area contributed by atoms with E-state index in [1.807, 2.05) is 6.07 Å². The topological polar surface area (TPSA) is 103 Å². The van der Waals surface area contributed by atoms with Gasteiger partial charge in [-0.05, 0) is 67.8 Å². The van der Waals surface area contributed by atoms with Gasteiger partial charge in [-0.2, -0.15) is 0 Å². The number of aryl methyl sites for hydroxylation is 1. The van der Waals surface area contributed by atoms with E-state index in [2.05, 4.69) is 15.8 Å². The summed E-state index contributed by atoms with van der Waals surface area (Å²) < 4.78 is 31.9. The van der Waals surface area contributed by atoms with Crippen LogP contribution in [0.2, 0.25) is 10.0 Å². The van der Waals surface area contributed by atoms with Crippen LogP contribution in [0.15, 0.2) is 83.4 Å². The molecular formula is C32H24Cl2FN3O5. The van der Waals surface area contributed by atoms with Crippen molar-refractivity contribution in [1.29, 1.82) is 0 Å². The van der Waals surface area contributed by atoms with Gasteiger partial charge in [0.1, 0.15) is 28.5 Å². The highest BCUT2D eigenvalue weighted by Crippen LogP contribution is 2.39. The van der Waals surface area contributed by atoms with Crippen molar-refractivity contribution in [3.05, 3.63) is 106 Å². The van der Waals surface area contributed by atoms with Crippen molar-refractivity contribution >= 4 is 57.2 Å². The maximum absolute atomic E-state index is 15.3. The Labute approximate surface area is 256 Å². The molecule has 1 heterocycles. The molecule has 8 nitrogen and oxygen atoms in total. The fraction of sp³-hybridized carbons (Fsp3) is 0.0938. The average molecular weight is 620 g/mol. The van der Waals surface area contributed by atoms with Crippen LogP contribution in [-0.2, 0) is 4.79 Å². The minimum atomic E-state index is -0.721. The predicted octanol–water partition coefficient (Wildman–Crippen LogP) is 8.82. The molecule has 0 radical (unpaired) electrons. The van der Waals surface area contributed by atoms with Crippen molar-refractivity contribution < 1.29 is 28.0 Å². The van der Waals surface area contributed by atoms with Crippen LogP contribution in [0.4, 0.5) is 15.8 Å². The molecule has 2 N–H and O–H groups in total. The fourth-order valence-corrected chi connectivity index (χ4v) is 5.04. The Bertz CT molecular complexity index is 1880. The van der Waals surface area contributed by atoms with Crippen LogP contribution in [0, 0.1) is 12.7 Å². The summed E-state index contributed by atoms with van der Waals surface area (Å²) in [6, 6.07) is 17.7. The minimum Gasteiger partial charge on any atom is -0.495 e. The molecule has 4 aromatic carbocycles. The molecule has 5 rings (SSSR count). The molecule has 0 saturated carbocycles. The molecule has 0 aliphatic rings. The van der Waals surface area contributed by atoms with Gasteiger partial charge in [0.2, 0.25) is 5.91 Å². The van der Waals surface area contributed by atoms with Gasteiger partial charge < -0.3 is 24.6 Å². The normalized spacial score (nSPS) is 11.1. The summed E-state index contributed by atoms with van der Waals surface area (Å²) in [5, 5.41) is 11.4. The lowest BCUT2D eigenvalue weighted by Gasteiger charge is -2.14. The number of methoxy groups -OCH3 is 1. The number of benzene rings is 4. The molecule has 11 heteroatoms. The molecule has 0 bridgehead atoms. The van der Waals surface area contributed by atoms with E-state index < -0.39 is 11.7 Å². The van der Waals surface area contributed by atoms with Crippen LogP contribution in [0.5, 0.6) is 17.2 Å². The van der Waals surface area contributed by atoms with E-state index in [4.69, 9.17) is 37.2 Å². The van der Waals surface area contributed by atoms with Gasteiger partial charge in [-0.1, -0.05) is 52.6 Å². The summed E-state index contributed by atoms with van der Waals surface area (Å²) in [7, 11) is 1.50. The number of aromatic nitrogens is 1. The molecule has 0 fully saturated rings. The standard InChI is InChI=1S/C32H24Cl2FN3O5/c1-4-7-28(39)37-24-16-20-18(14-27(24)41-3)8-5-11-25(20)42-26-13-12-19(15-23(26)35)36-32(40)29-17(2)43-38-31(29)30-21(33)9-6-10-22(30)34/h4-16H,1-3H3,(H,36,40)(H,37,39)/b7-4+. The lowest BCUT2D eigenvalue weighted by atomic mass is 10.1. The van der Waals surface area contributed by atoms with Gasteiger partial charge in [-0.25, -0.2) is 4.39 Å². The molecule has 2 amide bonds.